The minimum atomic E-state index is -0.308. The minimum absolute atomic E-state index is 0.191. The topological polar surface area (TPSA) is 144 Å². The predicted octanol–water partition coefficient (Wildman–Crippen LogP) is 2.66. The predicted molar refractivity (Wildman–Crippen MR) is 123 cm³/mol. The van der Waals surface area contributed by atoms with Crippen LogP contribution in [-0.4, -0.2) is 40.2 Å². The van der Waals surface area contributed by atoms with Crippen LogP contribution in [-0.2, 0) is 6.42 Å². The van der Waals surface area contributed by atoms with Gasteiger partial charge in [-0.25, -0.2) is 4.52 Å². The maximum Gasteiger partial charge on any atom is 0.256 e. The van der Waals surface area contributed by atoms with Gasteiger partial charge in [0.1, 0.15) is 6.33 Å². The van der Waals surface area contributed by atoms with Crippen molar-refractivity contribution in [1.29, 1.82) is 0 Å². The number of hydrogen-bond donors (Lipinski definition) is 3. The van der Waals surface area contributed by atoms with Crippen molar-refractivity contribution < 1.29 is 0 Å². The normalized spacial score (nSPS) is 12.3. The fourth-order valence-electron chi connectivity index (χ4n) is 4.14. The van der Waals surface area contributed by atoms with Crippen molar-refractivity contribution in [3.63, 3.8) is 0 Å². The Labute approximate surface area is 188 Å². The van der Waals surface area contributed by atoms with E-state index < -0.39 is 0 Å². The highest BCUT2D eigenvalue weighted by Gasteiger charge is 2.20. The maximum absolute atomic E-state index is 12.9. The van der Waals surface area contributed by atoms with E-state index in [1.54, 1.807) is 4.52 Å². The Morgan fingerprint density at radius 2 is 1.88 bits per heavy atom. The van der Waals surface area contributed by atoms with Gasteiger partial charge < -0.3 is 5.73 Å². The van der Waals surface area contributed by atoms with Crippen LogP contribution in [0.15, 0.2) is 59.7 Å². The van der Waals surface area contributed by atoms with E-state index in [9.17, 15) is 4.79 Å². The molecule has 5 aromatic rings. The lowest BCUT2D eigenvalue weighted by atomic mass is 9.95. The molecular weight excluding hydrogens is 418 g/mol. The van der Waals surface area contributed by atoms with Gasteiger partial charge in [-0.2, -0.15) is 15.3 Å². The lowest BCUT2D eigenvalue weighted by molar-refractivity contribution is 0.592. The lowest BCUT2D eigenvalue weighted by Crippen LogP contribution is -2.26. The van der Waals surface area contributed by atoms with E-state index in [0.717, 1.165) is 35.1 Å². The smallest absolute Gasteiger partial charge is 0.256 e. The SMILES string of the molecule is CCCC(N)c1c(Cc2ccc(-c3ccccc3-c3nn[nH]n3)cc2)c(=O)[nH]c2ncnn12. The Bertz CT molecular complexity index is 1440. The number of benzene rings is 2. The van der Waals surface area contributed by atoms with Gasteiger partial charge in [-0.3, -0.25) is 9.78 Å². The number of H-pyrrole nitrogens is 2. The largest absolute Gasteiger partial charge is 0.323 e. The fraction of sp³-hybridized carbons (Fsp3) is 0.217. The van der Waals surface area contributed by atoms with Gasteiger partial charge in [0.25, 0.3) is 5.56 Å². The summed E-state index contributed by atoms with van der Waals surface area (Å²) in [6.45, 7) is 2.07. The maximum atomic E-state index is 12.9. The lowest BCUT2D eigenvalue weighted by Gasteiger charge is -2.16. The standard InChI is InChI=1S/C23H23N9O/c1-2-5-19(24)20-18(22(33)27-23-25-13-26-32(20)23)12-14-8-10-15(11-9-14)16-6-3-4-7-17(16)21-28-30-31-29-21/h3-4,6-11,13,19H,2,5,12,24H2,1H3,(H,25,26,27,33)(H,28,29,30,31). The molecule has 0 fully saturated rings. The highest BCUT2D eigenvalue weighted by atomic mass is 16.1. The second kappa shape index (κ2) is 8.75. The number of nitrogens with two attached hydrogens (primary N) is 1. The van der Waals surface area contributed by atoms with Gasteiger partial charge in [-0.15, -0.1) is 10.2 Å². The Hall–Kier alpha value is -4.18. The van der Waals surface area contributed by atoms with Crippen LogP contribution in [0.25, 0.3) is 28.3 Å². The molecule has 10 nitrogen and oxygen atoms in total. The first-order valence-corrected chi connectivity index (χ1v) is 10.8. The number of tetrazole rings is 1. The van der Waals surface area contributed by atoms with Gasteiger partial charge in [0, 0.05) is 23.6 Å². The van der Waals surface area contributed by atoms with E-state index >= 15 is 0 Å². The molecule has 0 saturated heterocycles. The number of aromatic nitrogens is 8. The second-order valence-electron chi connectivity index (χ2n) is 7.86. The van der Waals surface area contributed by atoms with Gasteiger partial charge in [0.2, 0.25) is 11.6 Å². The molecule has 4 N–H and O–H groups in total. The van der Waals surface area contributed by atoms with Crippen LogP contribution in [0.2, 0.25) is 0 Å². The molecule has 3 heterocycles. The molecule has 3 aromatic heterocycles. The monoisotopic (exact) mass is 441 g/mol. The van der Waals surface area contributed by atoms with Crippen molar-refractivity contribution in [3.8, 4) is 22.5 Å². The Kier molecular flexibility index (Phi) is 5.49. The van der Waals surface area contributed by atoms with E-state index in [1.807, 2.05) is 48.5 Å². The Balaban J connectivity index is 1.51. The molecule has 0 aliphatic heterocycles. The number of hydrogen-bond acceptors (Lipinski definition) is 7. The van der Waals surface area contributed by atoms with Gasteiger partial charge in [0.05, 0.1) is 5.69 Å². The first kappa shape index (κ1) is 20.7. The molecule has 0 saturated carbocycles. The third kappa shape index (κ3) is 3.92. The van der Waals surface area contributed by atoms with Crippen molar-refractivity contribution in [3.05, 3.63) is 82.0 Å². The molecule has 33 heavy (non-hydrogen) atoms. The Morgan fingerprint density at radius 3 is 2.61 bits per heavy atom. The minimum Gasteiger partial charge on any atom is -0.323 e. The highest BCUT2D eigenvalue weighted by molar-refractivity contribution is 5.80. The summed E-state index contributed by atoms with van der Waals surface area (Å²) < 4.78 is 1.65. The van der Waals surface area contributed by atoms with Crippen molar-refractivity contribution in [2.75, 3.05) is 0 Å². The van der Waals surface area contributed by atoms with Gasteiger partial charge in [0.15, 0.2) is 0 Å². The van der Waals surface area contributed by atoms with Gasteiger partial charge in [-0.05, 0) is 28.3 Å². The summed E-state index contributed by atoms with van der Waals surface area (Å²) in [5, 5.41) is 18.7. The fourth-order valence-corrected chi connectivity index (χ4v) is 4.14. The molecule has 1 unspecified atom stereocenters. The third-order valence-electron chi connectivity index (χ3n) is 5.69. The first-order chi connectivity index (χ1) is 16.2. The van der Waals surface area contributed by atoms with E-state index in [-0.39, 0.29) is 11.6 Å². The van der Waals surface area contributed by atoms with Crippen LogP contribution in [0.1, 0.15) is 42.6 Å². The molecule has 0 aliphatic carbocycles. The molecule has 2 aromatic carbocycles. The number of rotatable bonds is 7. The summed E-state index contributed by atoms with van der Waals surface area (Å²) in [7, 11) is 0. The van der Waals surface area contributed by atoms with Crippen molar-refractivity contribution in [2.45, 2.75) is 32.2 Å². The van der Waals surface area contributed by atoms with Crippen molar-refractivity contribution in [1.82, 2.24) is 40.2 Å². The quantitative estimate of drug-likeness (QED) is 0.352. The summed E-state index contributed by atoms with van der Waals surface area (Å²) in [5.74, 6) is 0.940. The molecule has 0 amide bonds. The summed E-state index contributed by atoms with van der Waals surface area (Å²) in [6, 6.07) is 15.7. The van der Waals surface area contributed by atoms with Crippen LogP contribution in [0, 0.1) is 0 Å². The zero-order chi connectivity index (χ0) is 22.8. The molecule has 0 bridgehead atoms. The van der Waals surface area contributed by atoms with E-state index in [2.05, 4.69) is 42.6 Å². The third-order valence-corrected chi connectivity index (χ3v) is 5.69. The average Bonchev–Trinajstić information content (AvgIpc) is 3.52. The summed E-state index contributed by atoms with van der Waals surface area (Å²) in [5.41, 5.74) is 11.5. The van der Waals surface area contributed by atoms with Crippen molar-refractivity contribution >= 4 is 5.78 Å². The summed E-state index contributed by atoms with van der Waals surface area (Å²) in [6.07, 6.45) is 3.51. The zero-order valence-corrected chi connectivity index (χ0v) is 18.1. The molecule has 1 atom stereocenters. The first-order valence-electron chi connectivity index (χ1n) is 10.8. The van der Waals surface area contributed by atoms with Crippen LogP contribution < -0.4 is 11.3 Å². The van der Waals surface area contributed by atoms with Gasteiger partial charge in [-0.1, -0.05) is 61.9 Å². The van der Waals surface area contributed by atoms with Crippen LogP contribution in [0.3, 0.4) is 0 Å². The molecule has 0 spiro atoms. The molecule has 5 rings (SSSR count). The number of nitrogens with one attached hydrogen (secondary N) is 2. The zero-order valence-electron chi connectivity index (χ0n) is 18.1. The van der Waals surface area contributed by atoms with E-state index in [1.165, 1.54) is 6.33 Å². The second-order valence-corrected chi connectivity index (χ2v) is 7.86. The molecule has 0 radical (unpaired) electrons. The molecule has 0 aliphatic rings. The number of fused-ring (bicyclic) bond motifs is 1. The van der Waals surface area contributed by atoms with Crippen LogP contribution in [0.4, 0.5) is 0 Å². The van der Waals surface area contributed by atoms with Crippen LogP contribution in [0.5, 0.6) is 0 Å². The van der Waals surface area contributed by atoms with Crippen LogP contribution >= 0.6 is 0 Å². The Morgan fingerprint density at radius 1 is 1.09 bits per heavy atom. The van der Waals surface area contributed by atoms with Crippen molar-refractivity contribution in [2.24, 2.45) is 5.73 Å². The summed E-state index contributed by atoms with van der Waals surface area (Å²) in [4.78, 5) is 19.9. The summed E-state index contributed by atoms with van der Waals surface area (Å²) >= 11 is 0. The van der Waals surface area contributed by atoms with E-state index in [0.29, 0.717) is 29.3 Å². The number of aromatic amines is 2. The molecular formula is C23H23N9O. The molecule has 10 heteroatoms. The highest BCUT2D eigenvalue weighted by Crippen LogP contribution is 2.30. The molecule has 166 valence electrons. The van der Waals surface area contributed by atoms with Gasteiger partial charge >= 0.3 is 0 Å². The average molecular weight is 441 g/mol. The van der Waals surface area contributed by atoms with E-state index in [4.69, 9.17) is 5.73 Å². The number of nitrogens with zero attached hydrogens (tertiary/aromatic N) is 6.